The van der Waals surface area contributed by atoms with Gasteiger partial charge < -0.3 is 10.2 Å². The van der Waals surface area contributed by atoms with Crippen molar-refractivity contribution in [1.29, 1.82) is 0 Å². The van der Waals surface area contributed by atoms with Crippen LogP contribution >= 0.6 is 0 Å². The van der Waals surface area contributed by atoms with Crippen LogP contribution in [0.3, 0.4) is 0 Å². The van der Waals surface area contributed by atoms with Crippen molar-refractivity contribution in [3.8, 4) is 0 Å². The molecule has 2 atom stereocenters. The highest BCUT2D eigenvalue weighted by atomic mass is 19.2. The number of anilines is 1. The van der Waals surface area contributed by atoms with Gasteiger partial charge in [0.05, 0.1) is 0 Å². The predicted octanol–water partition coefficient (Wildman–Crippen LogP) is 2.67. The summed E-state index contributed by atoms with van der Waals surface area (Å²) in [5.74, 6) is -1.87. The predicted molar refractivity (Wildman–Crippen MR) is 76.1 cm³/mol. The lowest BCUT2D eigenvalue weighted by atomic mass is 10.1. The van der Waals surface area contributed by atoms with Crippen LogP contribution < -0.4 is 5.32 Å². The lowest BCUT2D eigenvalue weighted by Gasteiger charge is -2.42. The summed E-state index contributed by atoms with van der Waals surface area (Å²) in [7, 11) is 0. The largest absolute Gasteiger partial charge is 0.322 e. The third-order valence-electron chi connectivity index (χ3n) is 4.37. The van der Waals surface area contributed by atoms with Crippen LogP contribution in [0, 0.1) is 11.6 Å². The molecule has 114 valence electrons. The fraction of sp³-hybridized carbons (Fsp3) is 0.533. The number of amides is 2. The normalized spacial score (nSPS) is 25.8. The first-order valence-corrected chi connectivity index (χ1v) is 7.31. The van der Waals surface area contributed by atoms with Crippen LogP contribution in [-0.2, 0) is 0 Å². The van der Waals surface area contributed by atoms with Gasteiger partial charge in [-0.1, -0.05) is 0 Å². The number of halogens is 2. The van der Waals surface area contributed by atoms with E-state index in [2.05, 4.69) is 10.2 Å². The Balaban J connectivity index is 1.68. The zero-order valence-electron chi connectivity index (χ0n) is 12.0. The number of hydrogen-bond acceptors (Lipinski definition) is 2. The number of fused-ring (bicyclic) bond motifs is 1. The molecule has 2 fully saturated rings. The monoisotopic (exact) mass is 295 g/mol. The molecule has 0 bridgehead atoms. The summed E-state index contributed by atoms with van der Waals surface area (Å²) in [5.41, 5.74) is 0.278. The molecule has 6 heteroatoms. The van der Waals surface area contributed by atoms with Crippen LogP contribution in [0.2, 0.25) is 0 Å². The Morgan fingerprint density at radius 3 is 2.86 bits per heavy atom. The molecule has 2 unspecified atom stereocenters. The molecule has 2 aliphatic rings. The van der Waals surface area contributed by atoms with E-state index in [1.165, 1.54) is 12.5 Å². The second-order valence-corrected chi connectivity index (χ2v) is 5.85. The van der Waals surface area contributed by atoms with Crippen LogP contribution in [-0.4, -0.2) is 47.5 Å². The Morgan fingerprint density at radius 2 is 2.10 bits per heavy atom. The first kappa shape index (κ1) is 14.3. The molecule has 1 aromatic rings. The average molecular weight is 295 g/mol. The molecule has 0 aromatic heterocycles. The maximum absolute atomic E-state index is 13.2. The van der Waals surface area contributed by atoms with Crippen LogP contribution in [0.4, 0.5) is 19.3 Å². The summed E-state index contributed by atoms with van der Waals surface area (Å²) in [6.07, 6.45) is 2.29. The first-order valence-electron chi connectivity index (χ1n) is 7.31. The van der Waals surface area contributed by atoms with Crippen LogP contribution in [0.5, 0.6) is 0 Å². The van der Waals surface area contributed by atoms with E-state index in [0.717, 1.165) is 31.6 Å². The van der Waals surface area contributed by atoms with Gasteiger partial charge in [0.1, 0.15) is 0 Å². The minimum absolute atomic E-state index is 0.115. The smallest absolute Gasteiger partial charge is 0.319 e. The molecule has 0 aliphatic carbocycles. The zero-order chi connectivity index (χ0) is 15.0. The number of nitrogens with one attached hydrogen (secondary N) is 1. The van der Waals surface area contributed by atoms with Crippen molar-refractivity contribution in [1.82, 2.24) is 9.80 Å². The SMILES string of the molecule is CC1CN2CCCC2CN1C(=O)Nc1ccc(F)c(F)c1. The third-order valence-corrected chi connectivity index (χ3v) is 4.37. The van der Waals surface area contributed by atoms with E-state index in [0.29, 0.717) is 12.6 Å². The highest BCUT2D eigenvalue weighted by Gasteiger charge is 2.36. The number of carbonyl (C=O) groups is 1. The number of piperazine rings is 1. The van der Waals surface area contributed by atoms with Crippen LogP contribution in [0.15, 0.2) is 18.2 Å². The number of rotatable bonds is 1. The molecule has 0 radical (unpaired) electrons. The number of nitrogens with zero attached hydrogens (tertiary/aromatic N) is 2. The Hall–Kier alpha value is -1.69. The quantitative estimate of drug-likeness (QED) is 0.864. The van der Waals surface area contributed by atoms with Gasteiger partial charge in [-0.3, -0.25) is 4.90 Å². The molecule has 4 nitrogen and oxygen atoms in total. The highest BCUT2D eigenvalue weighted by molar-refractivity contribution is 5.89. The molecule has 2 saturated heterocycles. The van der Waals surface area contributed by atoms with Gasteiger partial charge in [0.15, 0.2) is 11.6 Å². The average Bonchev–Trinajstić information content (AvgIpc) is 2.89. The van der Waals surface area contributed by atoms with E-state index >= 15 is 0 Å². The lowest BCUT2D eigenvalue weighted by molar-refractivity contribution is 0.0861. The molecule has 21 heavy (non-hydrogen) atoms. The fourth-order valence-corrected chi connectivity index (χ4v) is 3.24. The van der Waals surface area contributed by atoms with E-state index in [4.69, 9.17) is 0 Å². The van der Waals surface area contributed by atoms with E-state index in [-0.39, 0.29) is 17.8 Å². The Labute approximate surface area is 122 Å². The fourth-order valence-electron chi connectivity index (χ4n) is 3.24. The number of hydrogen-bond donors (Lipinski definition) is 1. The maximum atomic E-state index is 13.2. The summed E-state index contributed by atoms with van der Waals surface area (Å²) < 4.78 is 26.1. The summed E-state index contributed by atoms with van der Waals surface area (Å²) in [4.78, 5) is 16.6. The molecule has 1 aromatic carbocycles. The zero-order valence-corrected chi connectivity index (χ0v) is 12.0. The van der Waals surface area contributed by atoms with Crippen molar-refractivity contribution in [2.75, 3.05) is 25.0 Å². The molecule has 2 amide bonds. The van der Waals surface area contributed by atoms with Gasteiger partial charge in [0, 0.05) is 36.9 Å². The van der Waals surface area contributed by atoms with E-state index < -0.39 is 11.6 Å². The maximum Gasteiger partial charge on any atom is 0.322 e. The van der Waals surface area contributed by atoms with Crippen LogP contribution in [0.1, 0.15) is 19.8 Å². The molecule has 3 rings (SSSR count). The topological polar surface area (TPSA) is 35.6 Å². The van der Waals surface area contributed by atoms with Crippen molar-refractivity contribution < 1.29 is 13.6 Å². The molecule has 0 spiro atoms. The van der Waals surface area contributed by atoms with Gasteiger partial charge in [-0.25, -0.2) is 13.6 Å². The molecule has 2 heterocycles. The third kappa shape index (κ3) is 2.85. The molecule has 2 aliphatic heterocycles. The van der Waals surface area contributed by atoms with Crippen molar-refractivity contribution in [2.24, 2.45) is 0 Å². The Kier molecular flexibility index (Phi) is 3.80. The van der Waals surface area contributed by atoms with Crippen LogP contribution in [0.25, 0.3) is 0 Å². The van der Waals surface area contributed by atoms with Crippen molar-refractivity contribution in [3.05, 3.63) is 29.8 Å². The Morgan fingerprint density at radius 1 is 1.29 bits per heavy atom. The summed E-state index contributed by atoms with van der Waals surface area (Å²) in [6, 6.07) is 3.68. The number of urea groups is 1. The molecular formula is C15H19F2N3O. The van der Waals surface area contributed by atoms with E-state index in [9.17, 15) is 13.6 Å². The minimum Gasteiger partial charge on any atom is -0.319 e. The van der Waals surface area contributed by atoms with Gasteiger partial charge in [-0.05, 0) is 38.4 Å². The van der Waals surface area contributed by atoms with Gasteiger partial charge >= 0.3 is 6.03 Å². The molecular weight excluding hydrogens is 276 g/mol. The van der Waals surface area contributed by atoms with Gasteiger partial charge in [0.2, 0.25) is 0 Å². The molecule has 1 N–H and O–H groups in total. The first-order chi connectivity index (χ1) is 10.0. The minimum atomic E-state index is -0.957. The highest BCUT2D eigenvalue weighted by Crippen LogP contribution is 2.25. The standard InChI is InChI=1S/C15H19F2N3O/c1-10-8-19-6-2-3-12(19)9-20(10)15(21)18-11-4-5-13(16)14(17)7-11/h4-5,7,10,12H,2-3,6,8-9H2,1H3,(H,18,21). The van der Waals surface area contributed by atoms with Gasteiger partial charge in [-0.2, -0.15) is 0 Å². The summed E-state index contributed by atoms with van der Waals surface area (Å²) >= 11 is 0. The lowest BCUT2D eigenvalue weighted by Crippen LogP contribution is -2.57. The number of benzene rings is 1. The number of carbonyl (C=O) groups excluding carboxylic acids is 1. The van der Waals surface area contributed by atoms with E-state index in [1.807, 2.05) is 6.92 Å². The molecule has 0 saturated carbocycles. The second kappa shape index (κ2) is 5.60. The Bertz CT molecular complexity index is 552. The second-order valence-electron chi connectivity index (χ2n) is 5.85. The van der Waals surface area contributed by atoms with Crippen molar-refractivity contribution in [2.45, 2.75) is 31.8 Å². The van der Waals surface area contributed by atoms with Crippen molar-refractivity contribution >= 4 is 11.7 Å². The van der Waals surface area contributed by atoms with E-state index in [1.54, 1.807) is 4.90 Å². The summed E-state index contributed by atoms with van der Waals surface area (Å²) in [6.45, 7) is 4.68. The summed E-state index contributed by atoms with van der Waals surface area (Å²) in [5, 5.41) is 2.65. The van der Waals surface area contributed by atoms with Crippen molar-refractivity contribution in [3.63, 3.8) is 0 Å². The van der Waals surface area contributed by atoms with Gasteiger partial charge in [-0.15, -0.1) is 0 Å². The van der Waals surface area contributed by atoms with Gasteiger partial charge in [0.25, 0.3) is 0 Å².